The summed E-state index contributed by atoms with van der Waals surface area (Å²) in [7, 11) is 1.60. The molecule has 0 aliphatic carbocycles. The van der Waals surface area contributed by atoms with Gasteiger partial charge in [-0.2, -0.15) is 5.10 Å². The van der Waals surface area contributed by atoms with Crippen molar-refractivity contribution in [2.75, 3.05) is 13.7 Å². The summed E-state index contributed by atoms with van der Waals surface area (Å²) in [6, 6.07) is 20.2. The summed E-state index contributed by atoms with van der Waals surface area (Å²) in [6.07, 6.45) is 1.03. The fraction of sp³-hybridized carbons (Fsp3) is 0.310. The van der Waals surface area contributed by atoms with Crippen LogP contribution in [0.15, 0.2) is 71.8 Å². The second-order valence-corrected chi connectivity index (χ2v) is 9.90. The molecule has 0 radical (unpaired) electrons. The maximum atomic E-state index is 13.5. The summed E-state index contributed by atoms with van der Waals surface area (Å²) < 4.78 is 5.29. The Morgan fingerprint density at radius 2 is 1.78 bits per heavy atom. The third-order valence-corrected chi connectivity index (χ3v) is 6.86. The van der Waals surface area contributed by atoms with Gasteiger partial charge in [0, 0.05) is 6.42 Å². The van der Waals surface area contributed by atoms with Gasteiger partial charge in [0.05, 0.1) is 18.9 Å². The topological polar surface area (TPSA) is 91.3 Å². The number of imide groups is 1. The van der Waals surface area contributed by atoms with E-state index >= 15 is 0 Å². The van der Waals surface area contributed by atoms with E-state index in [-0.39, 0.29) is 24.4 Å². The van der Waals surface area contributed by atoms with Gasteiger partial charge in [-0.25, -0.2) is 9.80 Å². The number of methoxy groups -OCH3 is 1. The van der Waals surface area contributed by atoms with Crippen molar-refractivity contribution in [1.82, 2.24) is 15.2 Å². The minimum Gasteiger partial charge on any atom is -0.497 e. The SMILES string of the molecule is COc1ccc([C@H]2CC(c3ccc4ccccc4c3)=NN2C(=O)CN2C(=O)N[C@@H](CC(C)C)C2=O)cc1. The van der Waals surface area contributed by atoms with Crippen LogP contribution in [-0.2, 0) is 9.59 Å². The summed E-state index contributed by atoms with van der Waals surface area (Å²) >= 11 is 0. The number of amides is 4. The molecular weight excluding hydrogens is 468 g/mol. The molecule has 8 heteroatoms. The molecular formula is C29H30N4O4. The summed E-state index contributed by atoms with van der Waals surface area (Å²) in [5.74, 6) is 0.166. The maximum Gasteiger partial charge on any atom is 0.325 e. The predicted molar refractivity (Wildman–Crippen MR) is 141 cm³/mol. The standard InChI is InChI=1S/C29H30N4O4/c1-18(2)14-25-28(35)32(29(36)30-25)17-27(34)33-26(20-10-12-23(37-3)13-11-20)16-24(31-33)22-9-8-19-6-4-5-7-21(19)15-22/h4-13,15,18,25-26H,14,16-17H2,1-3H3,(H,30,36)/t25-,26+/m0/s1. The summed E-state index contributed by atoms with van der Waals surface area (Å²) in [6.45, 7) is 3.61. The first-order valence-corrected chi connectivity index (χ1v) is 12.5. The van der Waals surface area contributed by atoms with Crippen molar-refractivity contribution in [2.45, 2.75) is 38.8 Å². The minimum absolute atomic E-state index is 0.233. The zero-order valence-corrected chi connectivity index (χ0v) is 21.2. The number of ether oxygens (including phenoxy) is 1. The van der Waals surface area contributed by atoms with Crippen LogP contribution in [0.1, 0.15) is 43.9 Å². The highest BCUT2D eigenvalue weighted by Gasteiger charge is 2.41. The van der Waals surface area contributed by atoms with Crippen LogP contribution in [0.5, 0.6) is 5.75 Å². The third-order valence-electron chi connectivity index (χ3n) is 6.86. The molecule has 1 saturated heterocycles. The molecule has 3 aromatic rings. The molecule has 2 aliphatic rings. The second-order valence-electron chi connectivity index (χ2n) is 9.90. The number of urea groups is 1. The molecule has 37 heavy (non-hydrogen) atoms. The number of hydrazone groups is 1. The first kappa shape index (κ1) is 24.5. The fourth-order valence-corrected chi connectivity index (χ4v) is 4.93. The molecule has 0 spiro atoms. The Hall–Kier alpha value is -4.20. The molecule has 2 heterocycles. The minimum atomic E-state index is -0.604. The van der Waals surface area contributed by atoms with Gasteiger partial charge >= 0.3 is 6.03 Å². The van der Waals surface area contributed by atoms with Crippen LogP contribution >= 0.6 is 0 Å². The number of nitrogens with one attached hydrogen (secondary N) is 1. The maximum absolute atomic E-state index is 13.5. The van der Waals surface area contributed by atoms with Crippen molar-refractivity contribution in [2.24, 2.45) is 11.0 Å². The molecule has 0 unspecified atom stereocenters. The third kappa shape index (κ3) is 4.91. The fourth-order valence-electron chi connectivity index (χ4n) is 4.93. The summed E-state index contributed by atoms with van der Waals surface area (Å²) in [5, 5.41) is 11.1. The van der Waals surface area contributed by atoms with E-state index in [1.165, 1.54) is 5.01 Å². The van der Waals surface area contributed by atoms with Crippen LogP contribution in [0.2, 0.25) is 0 Å². The lowest BCUT2D eigenvalue weighted by atomic mass is 9.97. The second kappa shape index (κ2) is 10.0. The Labute approximate surface area is 215 Å². The van der Waals surface area contributed by atoms with Crippen molar-refractivity contribution < 1.29 is 19.1 Å². The summed E-state index contributed by atoms with van der Waals surface area (Å²) in [4.78, 5) is 39.9. The van der Waals surface area contributed by atoms with Gasteiger partial charge in [-0.15, -0.1) is 0 Å². The normalized spacial score (nSPS) is 19.5. The van der Waals surface area contributed by atoms with Crippen LogP contribution in [-0.4, -0.2) is 53.2 Å². The Bertz CT molecular complexity index is 1380. The van der Waals surface area contributed by atoms with Gasteiger partial charge in [0.1, 0.15) is 18.3 Å². The van der Waals surface area contributed by atoms with Gasteiger partial charge in [-0.1, -0.05) is 62.4 Å². The average molecular weight is 499 g/mol. The van der Waals surface area contributed by atoms with Crippen LogP contribution in [0, 0.1) is 5.92 Å². The molecule has 1 N–H and O–H groups in total. The number of benzene rings is 3. The molecule has 1 fully saturated rings. The molecule has 3 aromatic carbocycles. The van der Waals surface area contributed by atoms with E-state index in [1.807, 2.05) is 68.4 Å². The Morgan fingerprint density at radius 1 is 1.05 bits per heavy atom. The van der Waals surface area contributed by atoms with Crippen molar-refractivity contribution in [3.05, 3.63) is 77.9 Å². The lowest BCUT2D eigenvalue weighted by Crippen LogP contribution is -2.41. The highest BCUT2D eigenvalue weighted by Crippen LogP contribution is 2.34. The predicted octanol–water partition coefficient (Wildman–Crippen LogP) is 4.49. The highest BCUT2D eigenvalue weighted by molar-refractivity contribution is 6.08. The zero-order valence-electron chi connectivity index (χ0n) is 21.2. The zero-order chi connectivity index (χ0) is 26.1. The van der Waals surface area contributed by atoms with Gasteiger partial charge in [0.25, 0.3) is 11.8 Å². The Morgan fingerprint density at radius 3 is 2.49 bits per heavy atom. The van der Waals surface area contributed by atoms with Gasteiger partial charge in [0.15, 0.2) is 0 Å². The molecule has 8 nitrogen and oxygen atoms in total. The lowest BCUT2D eigenvalue weighted by Gasteiger charge is -2.24. The van der Waals surface area contributed by atoms with Crippen molar-refractivity contribution >= 4 is 34.3 Å². The Balaban J connectivity index is 1.44. The summed E-state index contributed by atoms with van der Waals surface area (Å²) in [5.41, 5.74) is 2.60. The molecule has 4 amide bonds. The van der Waals surface area contributed by atoms with E-state index in [0.717, 1.165) is 32.5 Å². The molecule has 0 bridgehead atoms. The van der Waals surface area contributed by atoms with Crippen LogP contribution in [0.4, 0.5) is 4.79 Å². The number of carbonyl (C=O) groups is 3. The van der Waals surface area contributed by atoms with Gasteiger partial charge < -0.3 is 10.1 Å². The first-order valence-electron chi connectivity index (χ1n) is 12.5. The van der Waals surface area contributed by atoms with E-state index in [2.05, 4.69) is 17.4 Å². The van der Waals surface area contributed by atoms with E-state index < -0.39 is 18.0 Å². The van der Waals surface area contributed by atoms with Crippen LogP contribution in [0.25, 0.3) is 10.8 Å². The number of fused-ring (bicyclic) bond motifs is 1. The smallest absolute Gasteiger partial charge is 0.325 e. The molecule has 190 valence electrons. The van der Waals surface area contributed by atoms with Gasteiger partial charge in [-0.05, 0) is 52.4 Å². The van der Waals surface area contributed by atoms with E-state index in [1.54, 1.807) is 7.11 Å². The van der Waals surface area contributed by atoms with Crippen LogP contribution < -0.4 is 10.1 Å². The largest absolute Gasteiger partial charge is 0.497 e. The number of carbonyl (C=O) groups excluding carboxylic acids is 3. The molecule has 0 aromatic heterocycles. The average Bonchev–Trinajstić information content (AvgIpc) is 3.45. The van der Waals surface area contributed by atoms with E-state index in [0.29, 0.717) is 18.6 Å². The van der Waals surface area contributed by atoms with Crippen molar-refractivity contribution in [3.63, 3.8) is 0 Å². The lowest BCUT2D eigenvalue weighted by molar-refractivity contribution is -0.138. The molecule has 0 saturated carbocycles. The number of rotatable bonds is 7. The number of hydrogen-bond donors (Lipinski definition) is 1. The molecule has 5 rings (SSSR count). The monoisotopic (exact) mass is 498 g/mol. The van der Waals surface area contributed by atoms with Gasteiger partial charge in [0.2, 0.25) is 0 Å². The van der Waals surface area contributed by atoms with Crippen LogP contribution in [0.3, 0.4) is 0 Å². The highest BCUT2D eigenvalue weighted by atomic mass is 16.5. The molecule has 2 aliphatic heterocycles. The number of hydrogen-bond acceptors (Lipinski definition) is 5. The van der Waals surface area contributed by atoms with Gasteiger partial charge in [-0.3, -0.25) is 14.5 Å². The first-order chi connectivity index (χ1) is 17.8. The quantitative estimate of drug-likeness (QED) is 0.486. The van der Waals surface area contributed by atoms with Crippen molar-refractivity contribution in [3.8, 4) is 5.75 Å². The Kier molecular flexibility index (Phi) is 6.65. The van der Waals surface area contributed by atoms with E-state index in [4.69, 9.17) is 9.84 Å². The molecule has 2 atom stereocenters. The van der Waals surface area contributed by atoms with Crippen molar-refractivity contribution in [1.29, 1.82) is 0 Å². The number of nitrogens with zero attached hydrogens (tertiary/aromatic N) is 3. The van der Waals surface area contributed by atoms with E-state index in [9.17, 15) is 14.4 Å².